The molecule has 0 aliphatic carbocycles. The maximum atomic E-state index is 9.76. The number of thioether (sulfide) groups is 1. The van der Waals surface area contributed by atoms with Gasteiger partial charge < -0.3 is 15.2 Å². The van der Waals surface area contributed by atoms with E-state index in [0.29, 0.717) is 18.3 Å². The van der Waals surface area contributed by atoms with Gasteiger partial charge in [-0.25, -0.2) is 0 Å². The van der Waals surface area contributed by atoms with Gasteiger partial charge in [0.15, 0.2) is 0 Å². The third-order valence-corrected chi connectivity index (χ3v) is 4.14. The number of benzene rings is 1. The highest BCUT2D eigenvalue weighted by molar-refractivity contribution is 7.99. The van der Waals surface area contributed by atoms with Gasteiger partial charge >= 0.3 is 0 Å². The Bertz CT molecular complexity index is 364. The van der Waals surface area contributed by atoms with E-state index in [1.807, 2.05) is 17.8 Å². The molecule has 1 aromatic carbocycles. The number of hydrogen-bond acceptors (Lipinski definition) is 4. The summed E-state index contributed by atoms with van der Waals surface area (Å²) in [5.41, 5.74) is 0.905. The predicted molar refractivity (Wildman–Crippen MR) is 71.8 cm³/mol. The molecule has 1 heterocycles. The van der Waals surface area contributed by atoms with Crippen LogP contribution in [0.5, 0.6) is 11.5 Å². The van der Waals surface area contributed by atoms with Crippen LogP contribution in [0.25, 0.3) is 0 Å². The molecule has 1 aliphatic rings. The minimum absolute atomic E-state index is 0.337. The van der Waals surface area contributed by atoms with Gasteiger partial charge in [0, 0.05) is 18.2 Å². The van der Waals surface area contributed by atoms with Crippen LogP contribution in [0, 0.1) is 0 Å². The monoisotopic (exact) mass is 253 g/mol. The minimum Gasteiger partial charge on any atom is -0.508 e. The van der Waals surface area contributed by atoms with Crippen LogP contribution < -0.4 is 10.1 Å². The third-order valence-electron chi connectivity index (χ3n) is 3.09. The van der Waals surface area contributed by atoms with Gasteiger partial charge in [0.25, 0.3) is 0 Å². The van der Waals surface area contributed by atoms with E-state index < -0.39 is 0 Å². The number of methoxy groups -OCH3 is 1. The van der Waals surface area contributed by atoms with Gasteiger partial charge in [-0.2, -0.15) is 11.8 Å². The van der Waals surface area contributed by atoms with Crippen molar-refractivity contribution >= 4 is 11.8 Å². The van der Waals surface area contributed by atoms with Gasteiger partial charge in [-0.15, -0.1) is 0 Å². The summed E-state index contributed by atoms with van der Waals surface area (Å²) in [4.78, 5) is 0. The maximum absolute atomic E-state index is 9.76. The van der Waals surface area contributed by atoms with E-state index in [-0.39, 0.29) is 0 Å². The van der Waals surface area contributed by atoms with Crippen LogP contribution in [0.15, 0.2) is 18.2 Å². The van der Waals surface area contributed by atoms with Crippen LogP contribution in [0.3, 0.4) is 0 Å². The lowest BCUT2D eigenvalue weighted by atomic mass is 10.1. The van der Waals surface area contributed by atoms with E-state index >= 15 is 0 Å². The molecule has 4 heteroatoms. The standard InChI is InChI=1S/C13H19NO2S/c1-16-12-2-3-13(15)10(8-12)9-14-11-4-6-17-7-5-11/h2-3,8,11,14-15H,4-7,9H2,1H3. The van der Waals surface area contributed by atoms with Gasteiger partial charge in [-0.05, 0) is 42.5 Å². The highest BCUT2D eigenvalue weighted by atomic mass is 32.2. The number of nitrogens with one attached hydrogen (secondary N) is 1. The van der Waals surface area contributed by atoms with Crippen LogP contribution in [0.2, 0.25) is 0 Å². The molecule has 1 saturated heterocycles. The molecule has 17 heavy (non-hydrogen) atoms. The average molecular weight is 253 g/mol. The molecule has 0 saturated carbocycles. The lowest BCUT2D eigenvalue weighted by molar-refractivity contribution is 0.408. The van der Waals surface area contributed by atoms with E-state index in [9.17, 15) is 5.11 Å². The first-order valence-corrected chi connectivity index (χ1v) is 7.12. The molecule has 0 amide bonds. The molecule has 0 spiro atoms. The van der Waals surface area contributed by atoms with E-state index in [1.54, 1.807) is 19.2 Å². The molecular weight excluding hydrogens is 234 g/mol. The Morgan fingerprint density at radius 2 is 2.18 bits per heavy atom. The van der Waals surface area contributed by atoms with Crippen molar-refractivity contribution in [2.45, 2.75) is 25.4 Å². The second kappa shape index (κ2) is 6.17. The van der Waals surface area contributed by atoms with Crippen LogP contribution in [-0.2, 0) is 6.54 Å². The molecule has 3 nitrogen and oxygen atoms in total. The molecule has 0 bridgehead atoms. The molecule has 0 aromatic heterocycles. The molecule has 94 valence electrons. The molecule has 0 radical (unpaired) electrons. The van der Waals surface area contributed by atoms with Crippen molar-refractivity contribution in [3.8, 4) is 11.5 Å². The molecule has 1 aromatic rings. The summed E-state index contributed by atoms with van der Waals surface area (Å²) >= 11 is 2.02. The molecule has 2 N–H and O–H groups in total. The highest BCUT2D eigenvalue weighted by Crippen LogP contribution is 2.23. The summed E-state index contributed by atoms with van der Waals surface area (Å²) in [5.74, 6) is 3.60. The fraction of sp³-hybridized carbons (Fsp3) is 0.538. The molecular formula is C13H19NO2S. The summed E-state index contributed by atoms with van der Waals surface area (Å²) < 4.78 is 5.16. The minimum atomic E-state index is 0.337. The Balaban J connectivity index is 1.92. The Morgan fingerprint density at radius 3 is 2.88 bits per heavy atom. The lowest BCUT2D eigenvalue weighted by Gasteiger charge is -2.22. The van der Waals surface area contributed by atoms with Crippen molar-refractivity contribution in [2.24, 2.45) is 0 Å². The molecule has 1 fully saturated rings. The lowest BCUT2D eigenvalue weighted by Crippen LogP contribution is -2.32. The average Bonchev–Trinajstić information content (AvgIpc) is 2.39. The van der Waals surface area contributed by atoms with Crippen LogP contribution in [0.4, 0.5) is 0 Å². The normalized spacial score (nSPS) is 17.0. The van der Waals surface area contributed by atoms with E-state index in [4.69, 9.17) is 4.74 Å². The Morgan fingerprint density at radius 1 is 1.41 bits per heavy atom. The van der Waals surface area contributed by atoms with Crippen LogP contribution in [-0.4, -0.2) is 29.8 Å². The van der Waals surface area contributed by atoms with Crippen LogP contribution >= 0.6 is 11.8 Å². The molecule has 0 unspecified atom stereocenters. The van der Waals surface area contributed by atoms with E-state index in [0.717, 1.165) is 11.3 Å². The number of rotatable bonds is 4. The Kier molecular flexibility index (Phi) is 4.57. The van der Waals surface area contributed by atoms with Crippen molar-refractivity contribution in [2.75, 3.05) is 18.6 Å². The number of aromatic hydroxyl groups is 1. The topological polar surface area (TPSA) is 41.5 Å². The largest absolute Gasteiger partial charge is 0.508 e. The smallest absolute Gasteiger partial charge is 0.120 e. The maximum Gasteiger partial charge on any atom is 0.120 e. The van der Waals surface area contributed by atoms with Gasteiger partial charge in [0.05, 0.1) is 7.11 Å². The van der Waals surface area contributed by atoms with Crippen molar-refractivity contribution in [3.63, 3.8) is 0 Å². The van der Waals surface area contributed by atoms with Crippen molar-refractivity contribution in [1.82, 2.24) is 5.32 Å². The van der Waals surface area contributed by atoms with E-state index in [2.05, 4.69) is 5.32 Å². The first-order chi connectivity index (χ1) is 8.29. The van der Waals surface area contributed by atoms with Gasteiger partial charge in [-0.1, -0.05) is 0 Å². The predicted octanol–water partition coefficient (Wildman–Crippen LogP) is 2.39. The Hall–Kier alpha value is -0.870. The van der Waals surface area contributed by atoms with Crippen molar-refractivity contribution in [3.05, 3.63) is 23.8 Å². The second-order valence-corrected chi connectivity index (χ2v) is 5.49. The second-order valence-electron chi connectivity index (χ2n) is 4.26. The first kappa shape index (κ1) is 12.6. The summed E-state index contributed by atoms with van der Waals surface area (Å²) in [7, 11) is 1.64. The van der Waals surface area contributed by atoms with Gasteiger partial charge in [0.2, 0.25) is 0 Å². The zero-order valence-corrected chi connectivity index (χ0v) is 10.9. The zero-order valence-electron chi connectivity index (χ0n) is 10.1. The Labute approximate surface area is 107 Å². The van der Waals surface area contributed by atoms with Crippen molar-refractivity contribution < 1.29 is 9.84 Å². The number of hydrogen-bond donors (Lipinski definition) is 2. The number of phenolic OH excluding ortho intramolecular Hbond substituents is 1. The molecule has 0 atom stereocenters. The molecule has 2 rings (SSSR count). The fourth-order valence-corrected chi connectivity index (χ4v) is 3.09. The van der Waals surface area contributed by atoms with E-state index in [1.165, 1.54) is 24.3 Å². The first-order valence-electron chi connectivity index (χ1n) is 5.96. The molecule has 1 aliphatic heterocycles. The summed E-state index contributed by atoms with van der Waals surface area (Å²) in [6, 6.07) is 5.93. The van der Waals surface area contributed by atoms with Gasteiger partial charge in [0.1, 0.15) is 11.5 Å². The summed E-state index contributed by atoms with van der Waals surface area (Å²) in [6.45, 7) is 0.707. The number of phenols is 1. The quantitative estimate of drug-likeness (QED) is 0.864. The SMILES string of the molecule is COc1ccc(O)c(CNC2CCSCC2)c1. The number of ether oxygens (including phenoxy) is 1. The fourth-order valence-electron chi connectivity index (χ4n) is 1.99. The summed E-state index contributed by atoms with van der Waals surface area (Å²) in [6.07, 6.45) is 2.44. The third kappa shape index (κ3) is 3.54. The highest BCUT2D eigenvalue weighted by Gasteiger charge is 2.13. The summed E-state index contributed by atoms with van der Waals surface area (Å²) in [5, 5.41) is 13.3. The zero-order chi connectivity index (χ0) is 12.1. The van der Waals surface area contributed by atoms with Crippen LogP contribution in [0.1, 0.15) is 18.4 Å². The van der Waals surface area contributed by atoms with Crippen molar-refractivity contribution in [1.29, 1.82) is 0 Å². The van der Waals surface area contributed by atoms with Gasteiger partial charge in [-0.3, -0.25) is 0 Å².